The first kappa shape index (κ1) is 13.7. The van der Waals surface area contributed by atoms with Crippen molar-refractivity contribution in [2.24, 2.45) is 5.73 Å². The molecule has 0 aromatic heterocycles. The highest BCUT2D eigenvalue weighted by Crippen LogP contribution is 2.10. The lowest BCUT2D eigenvalue weighted by atomic mass is 10.1. The molecule has 0 atom stereocenters. The van der Waals surface area contributed by atoms with E-state index in [1.807, 2.05) is 26.0 Å². The summed E-state index contributed by atoms with van der Waals surface area (Å²) in [5.41, 5.74) is 6.28. The highest BCUT2D eigenvalue weighted by molar-refractivity contribution is 6.30. The third kappa shape index (κ3) is 6.09. The Morgan fingerprint density at radius 3 is 2.53 bits per heavy atom. The standard InChI is InChI=1S/C13H17ClN2O/c1-13(2,15)9-16-12(17)8-5-10-3-6-11(14)7-4-10/h3-8H,9,15H2,1-2H3,(H,16,17)/b8-5+. The van der Waals surface area contributed by atoms with Gasteiger partial charge >= 0.3 is 0 Å². The smallest absolute Gasteiger partial charge is 0.244 e. The maximum absolute atomic E-state index is 11.5. The molecule has 0 aliphatic carbocycles. The zero-order valence-corrected chi connectivity index (χ0v) is 10.8. The molecular weight excluding hydrogens is 236 g/mol. The zero-order chi connectivity index (χ0) is 12.9. The largest absolute Gasteiger partial charge is 0.351 e. The van der Waals surface area contributed by atoms with Crippen LogP contribution in [0.5, 0.6) is 0 Å². The molecule has 0 unspecified atom stereocenters. The third-order valence-corrected chi connectivity index (χ3v) is 2.27. The van der Waals surface area contributed by atoms with E-state index in [0.717, 1.165) is 5.56 Å². The van der Waals surface area contributed by atoms with Gasteiger partial charge in [0.15, 0.2) is 0 Å². The van der Waals surface area contributed by atoms with Crippen molar-refractivity contribution < 1.29 is 4.79 Å². The number of rotatable bonds is 4. The van der Waals surface area contributed by atoms with Crippen molar-refractivity contribution in [3.05, 3.63) is 40.9 Å². The van der Waals surface area contributed by atoms with Crippen LogP contribution in [0.3, 0.4) is 0 Å². The molecule has 1 aromatic rings. The average Bonchev–Trinajstić information content (AvgIpc) is 2.25. The first-order chi connectivity index (χ1) is 7.87. The van der Waals surface area contributed by atoms with Crippen LogP contribution in [0.15, 0.2) is 30.3 Å². The van der Waals surface area contributed by atoms with E-state index in [1.165, 1.54) is 6.08 Å². The fourth-order valence-corrected chi connectivity index (χ4v) is 1.25. The molecule has 0 aliphatic heterocycles. The molecule has 4 heteroatoms. The highest BCUT2D eigenvalue weighted by atomic mass is 35.5. The molecule has 3 N–H and O–H groups in total. The molecule has 0 saturated carbocycles. The number of halogens is 1. The second-order valence-corrected chi connectivity index (χ2v) is 5.03. The van der Waals surface area contributed by atoms with E-state index < -0.39 is 5.54 Å². The third-order valence-electron chi connectivity index (χ3n) is 2.02. The molecule has 17 heavy (non-hydrogen) atoms. The van der Waals surface area contributed by atoms with Crippen LogP contribution in [0.2, 0.25) is 5.02 Å². The van der Waals surface area contributed by atoms with Gasteiger partial charge in [-0.05, 0) is 37.6 Å². The summed E-state index contributed by atoms with van der Waals surface area (Å²) in [4.78, 5) is 11.5. The maximum Gasteiger partial charge on any atom is 0.244 e. The summed E-state index contributed by atoms with van der Waals surface area (Å²) in [5, 5.41) is 3.40. The van der Waals surface area contributed by atoms with Gasteiger partial charge in [0, 0.05) is 23.2 Å². The van der Waals surface area contributed by atoms with E-state index in [0.29, 0.717) is 11.6 Å². The van der Waals surface area contributed by atoms with Crippen molar-refractivity contribution in [1.82, 2.24) is 5.32 Å². The van der Waals surface area contributed by atoms with Crippen molar-refractivity contribution in [2.45, 2.75) is 19.4 Å². The lowest BCUT2D eigenvalue weighted by molar-refractivity contribution is -0.116. The van der Waals surface area contributed by atoms with Gasteiger partial charge in [0.25, 0.3) is 0 Å². The summed E-state index contributed by atoms with van der Waals surface area (Å²) in [5.74, 6) is -0.154. The summed E-state index contributed by atoms with van der Waals surface area (Å²) < 4.78 is 0. The fourth-order valence-electron chi connectivity index (χ4n) is 1.12. The van der Waals surface area contributed by atoms with Crippen LogP contribution in [-0.2, 0) is 4.79 Å². The monoisotopic (exact) mass is 252 g/mol. The lowest BCUT2D eigenvalue weighted by Crippen LogP contribution is -2.44. The van der Waals surface area contributed by atoms with E-state index in [2.05, 4.69) is 5.32 Å². The van der Waals surface area contributed by atoms with Crippen LogP contribution in [0.4, 0.5) is 0 Å². The van der Waals surface area contributed by atoms with E-state index in [4.69, 9.17) is 17.3 Å². The summed E-state index contributed by atoms with van der Waals surface area (Å²) >= 11 is 5.76. The number of nitrogens with one attached hydrogen (secondary N) is 1. The molecule has 92 valence electrons. The summed E-state index contributed by atoms with van der Waals surface area (Å²) in [6, 6.07) is 7.25. The average molecular weight is 253 g/mol. The normalized spacial score (nSPS) is 11.8. The molecule has 1 amide bonds. The number of amides is 1. The first-order valence-electron chi connectivity index (χ1n) is 5.37. The van der Waals surface area contributed by atoms with Crippen molar-refractivity contribution in [2.75, 3.05) is 6.54 Å². The van der Waals surface area contributed by atoms with Gasteiger partial charge in [-0.1, -0.05) is 23.7 Å². The van der Waals surface area contributed by atoms with E-state index in [9.17, 15) is 4.79 Å². The van der Waals surface area contributed by atoms with Crippen LogP contribution in [0.25, 0.3) is 6.08 Å². The minimum absolute atomic E-state index is 0.154. The topological polar surface area (TPSA) is 55.1 Å². The predicted molar refractivity (Wildman–Crippen MR) is 71.8 cm³/mol. The second kappa shape index (κ2) is 5.84. The lowest BCUT2D eigenvalue weighted by Gasteiger charge is -2.17. The SMILES string of the molecule is CC(C)(N)CNC(=O)/C=C/c1ccc(Cl)cc1. The second-order valence-electron chi connectivity index (χ2n) is 4.59. The predicted octanol–water partition coefficient (Wildman–Crippen LogP) is 2.21. The number of carbonyl (C=O) groups excluding carboxylic acids is 1. The van der Waals surface area contributed by atoms with Gasteiger partial charge < -0.3 is 11.1 Å². The van der Waals surface area contributed by atoms with E-state index in [-0.39, 0.29) is 5.91 Å². The molecule has 0 fully saturated rings. The summed E-state index contributed by atoms with van der Waals surface area (Å²) in [7, 11) is 0. The fraction of sp³-hybridized carbons (Fsp3) is 0.308. The van der Waals surface area contributed by atoms with Crippen LogP contribution < -0.4 is 11.1 Å². The van der Waals surface area contributed by atoms with Gasteiger partial charge in [-0.3, -0.25) is 4.79 Å². The molecule has 1 rings (SSSR count). The molecule has 3 nitrogen and oxygen atoms in total. The Bertz CT molecular complexity index is 404. The van der Waals surface area contributed by atoms with E-state index >= 15 is 0 Å². The number of benzene rings is 1. The summed E-state index contributed by atoms with van der Waals surface area (Å²) in [6.45, 7) is 4.16. The molecule has 0 aliphatic rings. The first-order valence-corrected chi connectivity index (χ1v) is 5.75. The Hall–Kier alpha value is -1.32. The molecule has 0 bridgehead atoms. The number of hydrogen-bond donors (Lipinski definition) is 2. The molecule has 1 aromatic carbocycles. The minimum Gasteiger partial charge on any atom is -0.351 e. The molecular formula is C13H17ClN2O. The van der Waals surface area contributed by atoms with Gasteiger partial charge in [-0.2, -0.15) is 0 Å². The Balaban J connectivity index is 2.48. The number of hydrogen-bond acceptors (Lipinski definition) is 2. The molecule has 0 spiro atoms. The summed E-state index contributed by atoms with van der Waals surface area (Å²) in [6.07, 6.45) is 3.21. The van der Waals surface area contributed by atoms with Gasteiger partial charge in [0.05, 0.1) is 0 Å². The van der Waals surface area contributed by atoms with Crippen LogP contribution in [-0.4, -0.2) is 18.0 Å². The van der Waals surface area contributed by atoms with Gasteiger partial charge in [-0.15, -0.1) is 0 Å². The van der Waals surface area contributed by atoms with Crippen LogP contribution in [0, 0.1) is 0 Å². The Kier molecular flexibility index (Phi) is 4.73. The van der Waals surface area contributed by atoms with Gasteiger partial charge in [-0.25, -0.2) is 0 Å². The van der Waals surface area contributed by atoms with Crippen molar-refractivity contribution in [3.63, 3.8) is 0 Å². The zero-order valence-electron chi connectivity index (χ0n) is 10.0. The Labute approximate surface area is 107 Å². The van der Waals surface area contributed by atoms with Gasteiger partial charge in [0.1, 0.15) is 0 Å². The number of carbonyl (C=O) groups is 1. The van der Waals surface area contributed by atoms with Crippen molar-refractivity contribution in [1.29, 1.82) is 0 Å². The van der Waals surface area contributed by atoms with Crippen LogP contribution >= 0.6 is 11.6 Å². The number of nitrogens with two attached hydrogens (primary N) is 1. The Morgan fingerprint density at radius 2 is 2.00 bits per heavy atom. The highest BCUT2D eigenvalue weighted by Gasteiger charge is 2.10. The van der Waals surface area contributed by atoms with E-state index in [1.54, 1.807) is 18.2 Å². The maximum atomic E-state index is 11.5. The van der Waals surface area contributed by atoms with Crippen LogP contribution in [0.1, 0.15) is 19.4 Å². The van der Waals surface area contributed by atoms with Crippen molar-refractivity contribution >= 4 is 23.6 Å². The molecule has 0 saturated heterocycles. The molecule has 0 heterocycles. The van der Waals surface area contributed by atoms with Gasteiger partial charge in [0.2, 0.25) is 5.91 Å². The minimum atomic E-state index is -0.399. The molecule has 0 radical (unpaired) electrons. The van der Waals surface area contributed by atoms with Crippen molar-refractivity contribution in [3.8, 4) is 0 Å². The Morgan fingerprint density at radius 1 is 1.41 bits per heavy atom. The quantitative estimate of drug-likeness (QED) is 0.808.